The van der Waals surface area contributed by atoms with Crippen molar-refractivity contribution >= 4 is 11.8 Å². The summed E-state index contributed by atoms with van der Waals surface area (Å²) >= 11 is 1.74. The summed E-state index contributed by atoms with van der Waals surface area (Å²) in [5.74, 6) is 1.58. The Bertz CT molecular complexity index is 433. The van der Waals surface area contributed by atoms with E-state index in [-0.39, 0.29) is 0 Å². The van der Waals surface area contributed by atoms with Crippen molar-refractivity contribution in [1.29, 1.82) is 0 Å². The van der Waals surface area contributed by atoms with E-state index in [9.17, 15) is 0 Å². The van der Waals surface area contributed by atoms with Crippen LogP contribution in [-0.2, 0) is 0 Å². The van der Waals surface area contributed by atoms with Gasteiger partial charge in [-0.1, -0.05) is 62.1 Å². The van der Waals surface area contributed by atoms with Crippen molar-refractivity contribution in [2.45, 2.75) is 26.7 Å². The van der Waals surface area contributed by atoms with Crippen molar-refractivity contribution in [3.8, 4) is 0 Å². The van der Waals surface area contributed by atoms with E-state index in [0.29, 0.717) is 5.92 Å². The van der Waals surface area contributed by atoms with E-state index in [1.54, 1.807) is 11.8 Å². The molecule has 102 valence electrons. The first-order chi connectivity index (χ1) is 9.08. The topological polar surface area (TPSA) is 0 Å². The van der Waals surface area contributed by atoms with Crippen LogP contribution >= 0.6 is 11.8 Å². The van der Waals surface area contributed by atoms with Gasteiger partial charge in [0.15, 0.2) is 0 Å². The van der Waals surface area contributed by atoms with Gasteiger partial charge in [0.25, 0.3) is 0 Å². The second-order valence-electron chi connectivity index (χ2n) is 5.07. The Balaban J connectivity index is 2.76. The molecule has 0 bridgehead atoms. The van der Waals surface area contributed by atoms with Crippen molar-refractivity contribution in [2.75, 3.05) is 5.75 Å². The lowest BCUT2D eigenvalue weighted by Crippen LogP contribution is -1.89. The van der Waals surface area contributed by atoms with Crippen LogP contribution in [-0.4, -0.2) is 5.75 Å². The summed E-state index contributed by atoms with van der Waals surface area (Å²) in [6.07, 6.45) is 17.3. The molecule has 0 saturated carbocycles. The first-order valence-corrected chi connectivity index (χ1v) is 7.74. The molecule has 1 aliphatic rings. The smallest absolute Gasteiger partial charge is 0.0225 e. The maximum atomic E-state index is 4.08. The van der Waals surface area contributed by atoms with E-state index in [4.69, 9.17) is 0 Å². The summed E-state index contributed by atoms with van der Waals surface area (Å²) in [6, 6.07) is 0. The van der Waals surface area contributed by atoms with E-state index in [2.05, 4.69) is 69.5 Å². The Hall–Kier alpha value is -1.21. The molecule has 1 atom stereocenters. The fourth-order valence-corrected chi connectivity index (χ4v) is 2.48. The second-order valence-corrected chi connectivity index (χ2v) is 6.17. The van der Waals surface area contributed by atoms with Crippen molar-refractivity contribution < 1.29 is 0 Å². The molecule has 1 aliphatic heterocycles. The lowest BCUT2D eigenvalue weighted by molar-refractivity contribution is 0.603. The minimum atomic E-state index is 0.680. The van der Waals surface area contributed by atoms with Crippen LogP contribution < -0.4 is 0 Å². The molecule has 0 saturated heterocycles. The number of allylic oxidation sites excluding steroid dienone is 8. The highest BCUT2D eigenvalue weighted by Gasteiger charge is 1.97. The number of thioether (sulfide) groups is 1. The van der Waals surface area contributed by atoms with E-state index in [1.807, 2.05) is 0 Å². The molecule has 1 heteroatoms. The van der Waals surface area contributed by atoms with Crippen LogP contribution in [0.15, 0.2) is 71.7 Å². The standard InChI is InChI=1S/C18H24S/c1-15-9-6-5-7-10-17(3)14-19-18(4)13-16(2)12-8-11-15/h5-8,10,12-13,15H,3-4,9,11,14H2,1-2H3/b6-5-,10-7-,12-8-,16-13-. The molecule has 0 N–H and O–H groups in total. The highest BCUT2D eigenvalue weighted by molar-refractivity contribution is 8.03. The summed E-state index contributed by atoms with van der Waals surface area (Å²) in [7, 11) is 0. The predicted octanol–water partition coefficient (Wildman–Crippen LogP) is 5.83. The highest BCUT2D eigenvalue weighted by Crippen LogP contribution is 2.20. The predicted molar refractivity (Wildman–Crippen MR) is 90.3 cm³/mol. The lowest BCUT2D eigenvalue weighted by atomic mass is 10.0. The summed E-state index contributed by atoms with van der Waals surface area (Å²) in [6.45, 7) is 12.5. The van der Waals surface area contributed by atoms with Gasteiger partial charge in [0, 0.05) is 10.7 Å². The second kappa shape index (κ2) is 8.82. The van der Waals surface area contributed by atoms with Crippen LogP contribution in [0.25, 0.3) is 0 Å². The molecule has 1 rings (SSSR count). The largest absolute Gasteiger partial charge is 0.122 e. The Labute approximate surface area is 122 Å². The molecule has 0 amide bonds. The molecular weight excluding hydrogens is 248 g/mol. The van der Waals surface area contributed by atoms with Gasteiger partial charge >= 0.3 is 0 Å². The molecule has 0 fully saturated rings. The Morgan fingerprint density at radius 1 is 1.11 bits per heavy atom. The summed E-state index contributed by atoms with van der Waals surface area (Å²) in [5.41, 5.74) is 2.39. The third-order valence-corrected chi connectivity index (χ3v) is 3.87. The third-order valence-electron chi connectivity index (χ3n) is 2.87. The van der Waals surface area contributed by atoms with Crippen molar-refractivity contribution in [3.05, 3.63) is 71.7 Å². The molecule has 0 aliphatic carbocycles. The quantitative estimate of drug-likeness (QED) is 0.534. The number of hydrogen-bond donors (Lipinski definition) is 0. The van der Waals surface area contributed by atoms with Gasteiger partial charge in [-0.15, -0.1) is 11.8 Å². The summed E-state index contributed by atoms with van der Waals surface area (Å²) in [4.78, 5) is 1.09. The van der Waals surface area contributed by atoms with Crippen LogP contribution in [0.3, 0.4) is 0 Å². The third kappa shape index (κ3) is 7.74. The first-order valence-electron chi connectivity index (χ1n) is 6.75. The molecule has 0 aromatic rings. The number of rotatable bonds is 0. The van der Waals surface area contributed by atoms with E-state index < -0.39 is 0 Å². The van der Waals surface area contributed by atoms with Gasteiger partial charge in [-0.25, -0.2) is 0 Å². The van der Waals surface area contributed by atoms with E-state index in [0.717, 1.165) is 29.1 Å². The normalized spacial score (nSPS) is 30.6. The number of hydrogen-bond acceptors (Lipinski definition) is 1. The molecule has 0 spiro atoms. The van der Waals surface area contributed by atoms with E-state index >= 15 is 0 Å². The molecule has 1 unspecified atom stereocenters. The van der Waals surface area contributed by atoms with Gasteiger partial charge in [0.2, 0.25) is 0 Å². The molecule has 0 aromatic carbocycles. The average Bonchev–Trinajstić information content (AvgIpc) is 2.35. The van der Waals surface area contributed by atoms with Gasteiger partial charge in [-0.2, -0.15) is 0 Å². The molecule has 0 radical (unpaired) electrons. The van der Waals surface area contributed by atoms with Gasteiger partial charge in [0.05, 0.1) is 0 Å². The van der Waals surface area contributed by atoms with Crippen LogP contribution in [0, 0.1) is 5.92 Å². The van der Waals surface area contributed by atoms with Gasteiger partial charge in [0.1, 0.15) is 0 Å². The lowest BCUT2D eigenvalue weighted by Gasteiger charge is -2.04. The van der Waals surface area contributed by atoms with Gasteiger partial charge in [-0.05, 0) is 37.3 Å². The van der Waals surface area contributed by atoms with Crippen LogP contribution in [0.5, 0.6) is 0 Å². The Kier molecular flexibility index (Phi) is 7.35. The van der Waals surface area contributed by atoms with Crippen molar-refractivity contribution in [1.82, 2.24) is 0 Å². The molecule has 0 nitrogen and oxygen atoms in total. The minimum Gasteiger partial charge on any atom is -0.122 e. The fourth-order valence-electron chi connectivity index (χ4n) is 1.74. The van der Waals surface area contributed by atoms with Crippen LogP contribution in [0.1, 0.15) is 26.7 Å². The van der Waals surface area contributed by atoms with Gasteiger partial charge < -0.3 is 0 Å². The summed E-state index contributed by atoms with van der Waals surface area (Å²) < 4.78 is 0. The maximum Gasteiger partial charge on any atom is 0.0225 e. The minimum absolute atomic E-state index is 0.680. The van der Waals surface area contributed by atoms with Crippen LogP contribution in [0.4, 0.5) is 0 Å². The highest BCUT2D eigenvalue weighted by atomic mass is 32.2. The van der Waals surface area contributed by atoms with Crippen molar-refractivity contribution in [3.63, 3.8) is 0 Å². The summed E-state index contributed by atoms with van der Waals surface area (Å²) in [5, 5.41) is 0. The zero-order chi connectivity index (χ0) is 14.1. The first kappa shape index (κ1) is 15.8. The SMILES string of the molecule is C=C1/C=C\C=C/CC(C)C/C=C\C(C)=C/C(=C)SC1. The monoisotopic (exact) mass is 272 g/mol. The Morgan fingerprint density at radius 3 is 2.63 bits per heavy atom. The van der Waals surface area contributed by atoms with Gasteiger partial charge in [-0.3, -0.25) is 0 Å². The molecule has 1 heterocycles. The zero-order valence-electron chi connectivity index (χ0n) is 12.1. The molecule has 0 aromatic heterocycles. The fraction of sp³-hybridized carbons (Fsp3) is 0.333. The van der Waals surface area contributed by atoms with E-state index in [1.165, 1.54) is 5.57 Å². The van der Waals surface area contributed by atoms with Crippen molar-refractivity contribution in [2.24, 2.45) is 5.92 Å². The molecule has 19 heavy (non-hydrogen) atoms. The maximum absolute atomic E-state index is 4.08. The van der Waals surface area contributed by atoms with Crippen LogP contribution in [0.2, 0.25) is 0 Å². The zero-order valence-corrected chi connectivity index (χ0v) is 12.9. The average molecular weight is 272 g/mol. The molecular formula is C18H24S. The Morgan fingerprint density at radius 2 is 1.84 bits per heavy atom.